The van der Waals surface area contributed by atoms with Gasteiger partial charge in [-0.05, 0) is 12.8 Å². The minimum Gasteiger partial charge on any atom is -0.457 e. The van der Waals surface area contributed by atoms with E-state index in [1.165, 1.54) is 89.9 Å². The molecule has 0 aromatic rings. The Balaban J connectivity index is 4.11. The number of esters is 1. The van der Waals surface area contributed by atoms with Crippen molar-refractivity contribution in [2.45, 2.75) is 148 Å². The summed E-state index contributed by atoms with van der Waals surface area (Å²) in [6, 6.07) is 0. The van der Waals surface area contributed by atoms with Gasteiger partial charge in [0.15, 0.2) is 0 Å². The number of rotatable bonds is 30. The Kier molecular flexibility index (Phi) is 27.7. The number of phosphoric ester groups is 1. The molecule has 0 rings (SSSR count). The number of ether oxygens (including phenoxy) is 2. The Morgan fingerprint density at radius 3 is 1.66 bits per heavy atom. The van der Waals surface area contributed by atoms with Crippen LogP contribution in [0.15, 0.2) is 0 Å². The van der Waals surface area contributed by atoms with Gasteiger partial charge in [-0.1, -0.05) is 123 Å². The molecular formula is C29H60NO7P. The Morgan fingerprint density at radius 2 is 1.16 bits per heavy atom. The summed E-state index contributed by atoms with van der Waals surface area (Å²) in [7, 11) is -4.25. The van der Waals surface area contributed by atoms with E-state index in [4.69, 9.17) is 24.3 Å². The number of nitrogens with two attached hydrogens (primary N) is 1. The van der Waals surface area contributed by atoms with Gasteiger partial charge in [-0.25, -0.2) is 4.57 Å². The molecule has 0 amide bonds. The molecule has 228 valence electrons. The van der Waals surface area contributed by atoms with E-state index in [0.717, 1.165) is 32.1 Å². The Bertz CT molecular complexity index is 565. The van der Waals surface area contributed by atoms with E-state index >= 15 is 0 Å². The van der Waals surface area contributed by atoms with Crippen molar-refractivity contribution in [3.63, 3.8) is 0 Å². The highest BCUT2D eigenvalue weighted by Crippen LogP contribution is 2.43. The predicted molar refractivity (Wildman–Crippen MR) is 155 cm³/mol. The van der Waals surface area contributed by atoms with Crippen molar-refractivity contribution >= 4 is 13.8 Å². The van der Waals surface area contributed by atoms with Gasteiger partial charge in [0, 0.05) is 19.6 Å². The van der Waals surface area contributed by atoms with E-state index in [-0.39, 0.29) is 32.3 Å². The highest BCUT2D eigenvalue weighted by molar-refractivity contribution is 7.47. The fourth-order valence-corrected chi connectivity index (χ4v) is 5.00. The van der Waals surface area contributed by atoms with E-state index < -0.39 is 13.9 Å². The van der Waals surface area contributed by atoms with Crippen molar-refractivity contribution < 1.29 is 32.8 Å². The monoisotopic (exact) mass is 565 g/mol. The zero-order valence-electron chi connectivity index (χ0n) is 24.7. The maximum absolute atomic E-state index is 12.3. The molecule has 1 unspecified atom stereocenters. The molecule has 0 saturated carbocycles. The molecule has 0 saturated heterocycles. The number of carbonyl (C=O) groups excluding carboxylic acids is 1. The summed E-state index contributed by atoms with van der Waals surface area (Å²) in [4.78, 5) is 22.1. The summed E-state index contributed by atoms with van der Waals surface area (Å²) < 4.78 is 33.0. The third-order valence-corrected chi connectivity index (χ3v) is 7.51. The molecule has 0 aliphatic carbocycles. The molecular weight excluding hydrogens is 505 g/mol. The van der Waals surface area contributed by atoms with Crippen molar-refractivity contribution in [3.05, 3.63) is 0 Å². The van der Waals surface area contributed by atoms with Gasteiger partial charge in [-0.15, -0.1) is 0 Å². The largest absolute Gasteiger partial charge is 0.472 e. The zero-order valence-corrected chi connectivity index (χ0v) is 25.6. The minimum absolute atomic E-state index is 0.0913. The topological polar surface area (TPSA) is 117 Å². The summed E-state index contributed by atoms with van der Waals surface area (Å²) in [6.45, 7) is 4.88. The van der Waals surface area contributed by atoms with Gasteiger partial charge in [-0.3, -0.25) is 13.8 Å². The molecule has 8 nitrogen and oxygen atoms in total. The maximum atomic E-state index is 12.3. The smallest absolute Gasteiger partial charge is 0.457 e. The lowest BCUT2D eigenvalue weighted by Gasteiger charge is -2.20. The maximum Gasteiger partial charge on any atom is 0.472 e. The van der Waals surface area contributed by atoms with Crippen molar-refractivity contribution in [3.8, 4) is 0 Å². The highest BCUT2D eigenvalue weighted by Gasteiger charge is 2.25. The van der Waals surface area contributed by atoms with Gasteiger partial charge < -0.3 is 20.1 Å². The lowest BCUT2D eigenvalue weighted by atomic mass is 10.1. The van der Waals surface area contributed by atoms with Crippen LogP contribution in [0.5, 0.6) is 0 Å². The van der Waals surface area contributed by atoms with Gasteiger partial charge in [0.2, 0.25) is 0 Å². The Hall–Kier alpha value is -0.500. The van der Waals surface area contributed by atoms with Crippen molar-refractivity contribution in [1.82, 2.24) is 0 Å². The van der Waals surface area contributed by atoms with Crippen LogP contribution in [-0.4, -0.2) is 49.9 Å². The molecule has 0 radical (unpaired) electrons. The average molecular weight is 566 g/mol. The van der Waals surface area contributed by atoms with Gasteiger partial charge in [0.05, 0.1) is 19.8 Å². The summed E-state index contributed by atoms with van der Waals surface area (Å²) in [5, 5.41) is 0. The van der Waals surface area contributed by atoms with Crippen LogP contribution < -0.4 is 5.73 Å². The Labute approximate surface area is 233 Å². The van der Waals surface area contributed by atoms with Gasteiger partial charge in [0.25, 0.3) is 0 Å². The number of hydrogen-bond donors (Lipinski definition) is 2. The first-order valence-corrected chi connectivity index (χ1v) is 17.0. The summed E-state index contributed by atoms with van der Waals surface area (Å²) >= 11 is 0. The minimum atomic E-state index is -4.25. The number of hydrogen-bond acceptors (Lipinski definition) is 7. The SMILES string of the molecule is CCCCCCCCCCCCCCOC[C@H](COP(=O)(O)OCCN)OC(=O)CCCCCCCCC. The second-order valence-electron chi connectivity index (χ2n) is 10.3. The zero-order chi connectivity index (χ0) is 28.2. The quantitative estimate of drug-likeness (QED) is 0.0514. The van der Waals surface area contributed by atoms with E-state index in [9.17, 15) is 14.3 Å². The third kappa shape index (κ3) is 27.1. The molecule has 0 bridgehead atoms. The van der Waals surface area contributed by atoms with Crippen LogP contribution in [0.2, 0.25) is 0 Å². The van der Waals surface area contributed by atoms with Gasteiger partial charge in [0.1, 0.15) is 6.10 Å². The normalized spacial score (nSPS) is 13.9. The molecule has 3 N–H and O–H groups in total. The van der Waals surface area contributed by atoms with Crippen LogP contribution in [0.25, 0.3) is 0 Å². The predicted octanol–water partition coefficient (Wildman–Crippen LogP) is 7.85. The van der Waals surface area contributed by atoms with Gasteiger partial charge >= 0.3 is 13.8 Å². The first-order chi connectivity index (χ1) is 18.4. The lowest BCUT2D eigenvalue weighted by Crippen LogP contribution is -2.28. The van der Waals surface area contributed by atoms with E-state index in [1.807, 2.05) is 0 Å². The molecule has 0 heterocycles. The standard InChI is InChI=1S/C29H60NO7P/c1-3-5-7-9-11-12-13-14-15-17-19-21-24-34-26-28(27-36-38(32,33)35-25-23-30)37-29(31)22-20-18-16-10-8-6-4-2/h28H,3-27,30H2,1-2H3,(H,32,33)/t28-/m1/s1. The first kappa shape index (κ1) is 37.5. The molecule has 0 fully saturated rings. The molecule has 38 heavy (non-hydrogen) atoms. The fourth-order valence-electron chi connectivity index (χ4n) is 4.23. The summed E-state index contributed by atoms with van der Waals surface area (Å²) in [5.41, 5.74) is 5.31. The molecule has 0 spiro atoms. The summed E-state index contributed by atoms with van der Waals surface area (Å²) in [6.07, 6.45) is 22.6. The number of phosphoric acid groups is 1. The average Bonchev–Trinajstić information content (AvgIpc) is 2.90. The molecule has 0 aromatic carbocycles. The number of carbonyl (C=O) groups is 1. The van der Waals surface area contributed by atoms with Crippen molar-refractivity contribution in [2.24, 2.45) is 5.73 Å². The summed E-state index contributed by atoms with van der Waals surface area (Å²) in [5.74, 6) is -0.336. The van der Waals surface area contributed by atoms with Crippen LogP contribution in [0.4, 0.5) is 0 Å². The lowest BCUT2D eigenvalue weighted by molar-refractivity contribution is -0.154. The molecule has 2 atom stereocenters. The van der Waals surface area contributed by atoms with Crippen LogP contribution in [0, 0.1) is 0 Å². The second kappa shape index (κ2) is 28.0. The van der Waals surface area contributed by atoms with E-state index in [0.29, 0.717) is 13.0 Å². The van der Waals surface area contributed by atoms with Crippen LogP contribution >= 0.6 is 7.82 Å². The fraction of sp³-hybridized carbons (Fsp3) is 0.966. The second-order valence-corrected chi connectivity index (χ2v) is 11.8. The van der Waals surface area contributed by atoms with E-state index in [2.05, 4.69) is 13.8 Å². The van der Waals surface area contributed by atoms with Crippen LogP contribution in [0.3, 0.4) is 0 Å². The Morgan fingerprint density at radius 1 is 0.684 bits per heavy atom. The van der Waals surface area contributed by atoms with Gasteiger partial charge in [-0.2, -0.15) is 0 Å². The molecule has 0 aliphatic rings. The highest BCUT2D eigenvalue weighted by atomic mass is 31.2. The van der Waals surface area contributed by atoms with E-state index in [1.54, 1.807) is 0 Å². The molecule has 0 aromatic heterocycles. The third-order valence-electron chi connectivity index (χ3n) is 6.52. The first-order valence-electron chi connectivity index (χ1n) is 15.5. The van der Waals surface area contributed by atoms with Crippen LogP contribution in [-0.2, 0) is 27.9 Å². The van der Waals surface area contributed by atoms with Crippen molar-refractivity contribution in [2.75, 3.05) is 33.0 Å². The van der Waals surface area contributed by atoms with Crippen LogP contribution in [0.1, 0.15) is 142 Å². The van der Waals surface area contributed by atoms with Crippen molar-refractivity contribution in [1.29, 1.82) is 0 Å². The molecule has 0 aliphatic heterocycles. The number of unbranched alkanes of at least 4 members (excludes halogenated alkanes) is 17. The molecule has 9 heteroatoms.